The fourth-order valence-electron chi connectivity index (χ4n) is 1.49. The third-order valence-corrected chi connectivity index (χ3v) is 2.23. The second kappa shape index (κ2) is 4.53. The summed E-state index contributed by atoms with van der Waals surface area (Å²) in [6.45, 7) is 3.71. The van der Waals surface area contributed by atoms with Gasteiger partial charge in [-0.05, 0) is 18.6 Å². The number of nitrogen functional groups attached to an aromatic ring is 1. The number of hydrogen-bond donors (Lipinski definition) is 2. The molecule has 0 aliphatic rings. The fourth-order valence-corrected chi connectivity index (χ4v) is 1.49. The Bertz CT molecular complexity index is 477. The van der Waals surface area contributed by atoms with E-state index in [0.717, 1.165) is 16.9 Å². The van der Waals surface area contributed by atoms with Crippen molar-refractivity contribution >= 4 is 17.4 Å². The van der Waals surface area contributed by atoms with Gasteiger partial charge in [0.25, 0.3) is 6.01 Å². The summed E-state index contributed by atoms with van der Waals surface area (Å²) in [5.74, 6) is 0. The van der Waals surface area contributed by atoms with Crippen LogP contribution in [0.2, 0.25) is 0 Å². The Hall–Kier alpha value is -2.23. The molecule has 4 heteroatoms. The second-order valence-corrected chi connectivity index (χ2v) is 3.33. The molecule has 1 aromatic carbocycles. The van der Waals surface area contributed by atoms with Crippen molar-refractivity contribution in [3.8, 4) is 0 Å². The summed E-state index contributed by atoms with van der Waals surface area (Å²) in [5, 5.41) is 3.07. The molecule has 0 bridgehead atoms. The molecule has 1 aromatic heterocycles. The summed E-state index contributed by atoms with van der Waals surface area (Å²) in [7, 11) is 0. The Kier molecular flexibility index (Phi) is 2.91. The SMILES string of the molecule is C=CCc1c(N)cccc1Nc1ncco1. The summed E-state index contributed by atoms with van der Waals surface area (Å²) >= 11 is 0. The predicted octanol–water partition coefficient (Wildman–Crippen LogP) is 2.73. The lowest BCUT2D eigenvalue weighted by Gasteiger charge is -2.10. The Labute approximate surface area is 93.8 Å². The predicted molar refractivity (Wildman–Crippen MR) is 64.5 cm³/mol. The molecule has 0 spiro atoms. The Balaban J connectivity index is 2.32. The third kappa shape index (κ3) is 2.06. The van der Waals surface area contributed by atoms with Gasteiger partial charge >= 0.3 is 0 Å². The van der Waals surface area contributed by atoms with Gasteiger partial charge in [0.1, 0.15) is 6.26 Å². The summed E-state index contributed by atoms with van der Waals surface area (Å²) in [6, 6.07) is 6.13. The van der Waals surface area contributed by atoms with Crippen LogP contribution in [0, 0.1) is 0 Å². The molecule has 0 unspecified atom stereocenters. The summed E-state index contributed by atoms with van der Waals surface area (Å²) in [6.07, 6.45) is 5.62. The van der Waals surface area contributed by atoms with E-state index in [2.05, 4.69) is 16.9 Å². The first kappa shape index (κ1) is 10.3. The minimum atomic E-state index is 0.455. The molecule has 2 rings (SSSR count). The lowest BCUT2D eigenvalue weighted by atomic mass is 10.1. The van der Waals surface area contributed by atoms with Crippen LogP contribution in [0.15, 0.2) is 47.7 Å². The van der Waals surface area contributed by atoms with Gasteiger partial charge in [0.15, 0.2) is 0 Å². The van der Waals surface area contributed by atoms with Crippen LogP contribution in [-0.2, 0) is 6.42 Å². The molecular formula is C12H13N3O. The maximum absolute atomic E-state index is 5.90. The van der Waals surface area contributed by atoms with E-state index in [-0.39, 0.29) is 0 Å². The van der Waals surface area contributed by atoms with Crippen molar-refractivity contribution < 1.29 is 4.42 Å². The number of allylic oxidation sites excluding steroid dienone is 1. The first-order valence-electron chi connectivity index (χ1n) is 4.96. The monoisotopic (exact) mass is 215 g/mol. The molecular weight excluding hydrogens is 202 g/mol. The van der Waals surface area contributed by atoms with Crippen LogP contribution in [-0.4, -0.2) is 4.98 Å². The van der Waals surface area contributed by atoms with Crippen LogP contribution >= 0.6 is 0 Å². The number of anilines is 3. The zero-order valence-corrected chi connectivity index (χ0v) is 8.81. The average Bonchev–Trinajstić information content (AvgIpc) is 2.76. The van der Waals surface area contributed by atoms with Gasteiger partial charge < -0.3 is 15.5 Å². The van der Waals surface area contributed by atoms with E-state index in [1.54, 1.807) is 6.20 Å². The van der Waals surface area contributed by atoms with Crippen molar-refractivity contribution in [2.24, 2.45) is 0 Å². The highest BCUT2D eigenvalue weighted by Gasteiger charge is 2.06. The Morgan fingerprint density at radius 3 is 3.06 bits per heavy atom. The highest BCUT2D eigenvalue weighted by atomic mass is 16.4. The molecule has 16 heavy (non-hydrogen) atoms. The Morgan fingerprint density at radius 2 is 2.38 bits per heavy atom. The van der Waals surface area contributed by atoms with Crippen molar-refractivity contribution in [2.45, 2.75) is 6.42 Å². The van der Waals surface area contributed by atoms with Gasteiger partial charge in [0, 0.05) is 16.9 Å². The van der Waals surface area contributed by atoms with Gasteiger partial charge in [-0.1, -0.05) is 12.1 Å². The molecule has 0 aliphatic heterocycles. The van der Waals surface area contributed by atoms with Crippen molar-refractivity contribution in [1.29, 1.82) is 0 Å². The van der Waals surface area contributed by atoms with Crippen LogP contribution in [0.3, 0.4) is 0 Å². The smallest absolute Gasteiger partial charge is 0.299 e. The maximum atomic E-state index is 5.90. The minimum absolute atomic E-state index is 0.455. The van der Waals surface area contributed by atoms with Crippen molar-refractivity contribution in [2.75, 3.05) is 11.1 Å². The third-order valence-electron chi connectivity index (χ3n) is 2.23. The lowest BCUT2D eigenvalue weighted by molar-refractivity contribution is 0.578. The first-order chi connectivity index (χ1) is 7.81. The van der Waals surface area contributed by atoms with Crippen LogP contribution < -0.4 is 11.1 Å². The fraction of sp³-hybridized carbons (Fsp3) is 0.0833. The number of oxazole rings is 1. The number of nitrogens with one attached hydrogen (secondary N) is 1. The van der Waals surface area contributed by atoms with E-state index < -0.39 is 0 Å². The van der Waals surface area contributed by atoms with Crippen LogP contribution in [0.1, 0.15) is 5.56 Å². The molecule has 0 saturated carbocycles. The molecule has 0 fully saturated rings. The molecule has 4 nitrogen and oxygen atoms in total. The van der Waals surface area contributed by atoms with Gasteiger partial charge in [-0.25, -0.2) is 4.98 Å². The zero-order valence-electron chi connectivity index (χ0n) is 8.81. The van der Waals surface area contributed by atoms with E-state index >= 15 is 0 Å². The van der Waals surface area contributed by atoms with Crippen molar-refractivity contribution in [1.82, 2.24) is 4.98 Å². The van der Waals surface area contributed by atoms with Gasteiger partial charge in [0.05, 0.1) is 6.20 Å². The number of benzene rings is 1. The summed E-state index contributed by atoms with van der Waals surface area (Å²) in [4.78, 5) is 4.00. The summed E-state index contributed by atoms with van der Waals surface area (Å²) < 4.78 is 5.12. The lowest BCUT2D eigenvalue weighted by Crippen LogP contribution is -2.00. The van der Waals surface area contributed by atoms with Gasteiger partial charge in [0.2, 0.25) is 0 Å². The molecule has 0 aliphatic carbocycles. The molecule has 0 amide bonds. The van der Waals surface area contributed by atoms with Gasteiger partial charge in [-0.2, -0.15) is 0 Å². The quantitative estimate of drug-likeness (QED) is 0.608. The largest absolute Gasteiger partial charge is 0.432 e. The molecule has 2 aromatic rings. The number of aromatic nitrogens is 1. The second-order valence-electron chi connectivity index (χ2n) is 3.33. The molecule has 82 valence electrons. The zero-order chi connectivity index (χ0) is 11.4. The standard InChI is InChI=1S/C12H13N3O/c1-2-4-9-10(13)5-3-6-11(9)15-12-14-7-8-16-12/h2-3,5-8H,1,4,13H2,(H,14,15). The number of nitrogens with zero attached hydrogens (tertiary/aromatic N) is 1. The van der Waals surface area contributed by atoms with E-state index in [1.165, 1.54) is 6.26 Å². The number of nitrogens with two attached hydrogens (primary N) is 1. The topological polar surface area (TPSA) is 64.1 Å². The van der Waals surface area contributed by atoms with E-state index in [9.17, 15) is 0 Å². The van der Waals surface area contributed by atoms with Crippen LogP contribution in [0.4, 0.5) is 17.4 Å². The maximum Gasteiger partial charge on any atom is 0.299 e. The molecule has 3 N–H and O–H groups in total. The van der Waals surface area contributed by atoms with Gasteiger partial charge in [-0.3, -0.25) is 0 Å². The van der Waals surface area contributed by atoms with E-state index in [0.29, 0.717) is 12.4 Å². The van der Waals surface area contributed by atoms with E-state index in [1.807, 2.05) is 24.3 Å². The molecule has 0 atom stereocenters. The normalized spacial score (nSPS) is 10.0. The number of rotatable bonds is 4. The van der Waals surface area contributed by atoms with Crippen molar-refractivity contribution in [3.63, 3.8) is 0 Å². The molecule has 0 saturated heterocycles. The first-order valence-corrected chi connectivity index (χ1v) is 4.96. The summed E-state index contributed by atoms with van der Waals surface area (Å²) in [5.41, 5.74) is 8.52. The number of hydrogen-bond acceptors (Lipinski definition) is 4. The van der Waals surface area contributed by atoms with E-state index in [4.69, 9.17) is 10.2 Å². The highest BCUT2D eigenvalue weighted by Crippen LogP contribution is 2.25. The molecule has 1 heterocycles. The van der Waals surface area contributed by atoms with Crippen LogP contribution in [0.25, 0.3) is 0 Å². The van der Waals surface area contributed by atoms with Crippen molar-refractivity contribution in [3.05, 3.63) is 48.9 Å². The average molecular weight is 215 g/mol. The molecule has 0 radical (unpaired) electrons. The van der Waals surface area contributed by atoms with Gasteiger partial charge in [-0.15, -0.1) is 6.58 Å². The Morgan fingerprint density at radius 1 is 1.50 bits per heavy atom. The highest BCUT2D eigenvalue weighted by molar-refractivity contribution is 5.67. The minimum Gasteiger partial charge on any atom is -0.432 e. The van der Waals surface area contributed by atoms with Crippen LogP contribution in [0.5, 0.6) is 0 Å².